The molecule has 3 aromatic rings. The van der Waals surface area contributed by atoms with Gasteiger partial charge in [-0.3, -0.25) is 0 Å². The SMILES string of the molecule is CC(C)c1cnc2nn(-c3cc(NC(=O)N4CCC4)ccc3F)cc2c1. The fraction of sp³-hybridized carbons (Fsp3) is 0.316. The van der Waals surface area contributed by atoms with Crippen LogP contribution >= 0.6 is 0 Å². The number of fused-ring (bicyclic) bond motifs is 1. The van der Waals surface area contributed by atoms with Crippen molar-refractivity contribution in [3.8, 4) is 5.69 Å². The highest BCUT2D eigenvalue weighted by atomic mass is 19.1. The number of rotatable bonds is 3. The molecule has 0 atom stereocenters. The van der Waals surface area contributed by atoms with Crippen molar-refractivity contribution < 1.29 is 9.18 Å². The number of nitrogens with one attached hydrogen (secondary N) is 1. The average Bonchev–Trinajstić information content (AvgIpc) is 2.97. The van der Waals surface area contributed by atoms with Gasteiger partial charge in [0.05, 0.1) is 0 Å². The van der Waals surface area contributed by atoms with E-state index < -0.39 is 5.82 Å². The summed E-state index contributed by atoms with van der Waals surface area (Å²) in [6.07, 6.45) is 4.57. The number of carbonyl (C=O) groups excluding carboxylic acids is 1. The summed E-state index contributed by atoms with van der Waals surface area (Å²) < 4.78 is 15.8. The van der Waals surface area contributed by atoms with E-state index in [9.17, 15) is 9.18 Å². The lowest BCUT2D eigenvalue weighted by Crippen LogP contribution is -2.44. The molecule has 4 rings (SSSR count). The lowest BCUT2D eigenvalue weighted by molar-refractivity contribution is 0.181. The molecule has 0 aliphatic carbocycles. The van der Waals surface area contributed by atoms with Gasteiger partial charge in [0.25, 0.3) is 0 Å². The second-order valence-corrected chi connectivity index (χ2v) is 6.85. The molecule has 2 aromatic heterocycles. The number of hydrogen-bond donors (Lipinski definition) is 1. The molecule has 1 saturated heterocycles. The quantitative estimate of drug-likeness (QED) is 0.776. The van der Waals surface area contributed by atoms with Gasteiger partial charge in [0, 0.05) is 36.6 Å². The molecule has 26 heavy (non-hydrogen) atoms. The number of likely N-dealkylation sites (tertiary alicyclic amines) is 1. The second-order valence-electron chi connectivity index (χ2n) is 6.85. The molecular weight excluding hydrogens is 333 g/mol. The summed E-state index contributed by atoms with van der Waals surface area (Å²) in [4.78, 5) is 18.1. The van der Waals surface area contributed by atoms with Crippen molar-refractivity contribution in [1.29, 1.82) is 0 Å². The van der Waals surface area contributed by atoms with Gasteiger partial charge in [-0.25, -0.2) is 18.9 Å². The van der Waals surface area contributed by atoms with Crippen molar-refractivity contribution in [3.05, 3.63) is 48.0 Å². The molecule has 0 bridgehead atoms. The summed E-state index contributed by atoms with van der Waals surface area (Å²) in [7, 11) is 0. The first-order chi connectivity index (χ1) is 12.5. The number of benzene rings is 1. The third kappa shape index (κ3) is 3.00. The molecule has 1 fully saturated rings. The van der Waals surface area contributed by atoms with Crippen molar-refractivity contribution in [2.75, 3.05) is 18.4 Å². The zero-order chi connectivity index (χ0) is 18.3. The van der Waals surface area contributed by atoms with Gasteiger partial charge >= 0.3 is 6.03 Å². The number of urea groups is 1. The number of hydrogen-bond acceptors (Lipinski definition) is 3. The number of anilines is 1. The Kier molecular flexibility index (Phi) is 4.06. The zero-order valence-corrected chi connectivity index (χ0v) is 14.7. The van der Waals surface area contributed by atoms with Gasteiger partial charge in [-0.2, -0.15) is 0 Å². The van der Waals surface area contributed by atoms with E-state index in [0.29, 0.717) is 17.3 Å². The number of amides is 2. The maximum absolute atomic E-state index is 14.4. The topological polar surface area (TPSA) is 63.1 Å². The summed E-state index contributed by atoms with van der Waals surface area (Å²) in [5.41, 5.74) is 2.47. The van der Waals surface area contributed by atoms with E-state index in [0.717, 1.165) is 30.5 Å². The van der Waals surface area contributed by atoms with Crippen LogP contribution in [0.25, 0.3) is 16.7 Å². The van der Waals surface area contributed by atoms with Crippen molar-refractivity contribution in [1.82, 2.24) is 19.7 Å². The average molecular weight is 353 g/mol. The van der Waals surface area contributed by atoms with Crippen LogP contribution in [0.1, 0.15) is 31.7 Å². The third-order valence-corrected chi connectivity index (χ3v) is 4.63. The van der Waals surface area contributed by atoms with Crippen LogP contribution in [0.2, 0.25) is 0 Å². The molecule has 0 unspecified atom stereocenters. The Hall–Kier alpha value is -2.96. The van der Waals surface area contributed by atoms with Crippen LogP contribution in [0.4, 0.5) is 14.9 Å². The Morgan fingerprint density at radius 1 is 1.27 bits per heavy atom. The predicted molar refractivity (Wildman–Crippen MR) is 98.1 cm³/mol. The minimum atomic E-state index is -0.413. The molecule has 6 nitrogen and oxygen atoms in total. The molecule has 0 spiro atoms. The molecule has 2 amide bonds. The largest absolute Gasteiger partial charge is 0.324 e. The van der Waals surface area contributed by atoms with Gasteiger partial charge in [0.15, 0.2) is 5.65 Å². The predicted octanol–water partition coefficient (Wildman–Crippen LogP) is 3.92. The fourth-order valence-corrected chi connectivity index (χ4v) is 2.86. The van der Waals surface area contributed by atoms with E-state index in [4.69, 9.17) is 0 Å². The van der Waals surface area contributed by atoms with E-state index in [1.165, 1.54) is 10.7 Å². The van der Waals surface area contributed by atoms with Crippen LogP contribution in [0.15, 0.2) is 36.7 Å². The molecule has 0 saturated carbocycles. The number of halogens is 1. The zero-order valence-electron chi connectivity index (χ0n) is 14.7. The molecular formula is C19H20FN5O. The van der Waals surface area contributed by atoms with Crippen molar-refractivity contribution in [3.63, 3.8) is 0 Å². The van der Waals surface area contributed by atoms with Gasteiger partial charge in [0.1, 0.15) is 11.5 Å². The first-order valence-electron chi connectivity index (χ1n) is 8.72. The molecule has 1 aliphatic rings. The Morgan fingerprint density at radius 2 is 2.08 bits per heavy atom. The molecule has 1 N–H and O–H groups in total. The van der Waals surface area contributed by atoms with E-state index in [1.54, 1.807) is 29.4 Å². The number of pyridine rings is 1. The summed E-state index contributed by atoms with van der Waals surface area (Å²) in [5, 5.41) is 8.02. The van der Waals surface area contributed by atoms with Crippen LogP contribution in [0.5, 0.6) is 0 Å². The number of nitrogens with zero attached hydrogens (tertiary/aromatic N) is 4. The monoisotopic (exact) mass is 353 g/mol. The van der Waals surface area contributed by atoms with Gasteiger partial charge in [-0.05, 0) is 42.2 Å². The summed E-state index contributed by atoms with van der Waals surface area (Å²) >= 11 is 0. The maximum Gasteiger partial charge on any atom is 0.321 e. The molecule has 7 heteroatoms. The highest BCUT2D eigenvalue weighted by Crippen LogP contribution is 2.23. The number of carbonyl (C=O) groups is 1. The molecule has 0 radical (unpaired) electrons. The van der Waals surface area contributed by atoms with Crippen molar-refractivity contribution in [2.45, 2.75) is 26.2 Å². The highest BCUT2D eigenvalue weighted by Gasteiger charge is 2.20. The first kappa shape index (κ1) is 16.5. The first-order valence-corrected chi connectivity index (χ1v) is 8.72. The van der Waals surface area contributed by atoms with Gasteiger partial charge in [-0.15, -0.1) is 5.10 Å². The smallest absolute Gasteiger partial charge is 0.321 e. The molecule has 1 aromatic carbocycles. The van der Waals surface area contributed by atoms with Crippen LogP contribution in [0.3, 0.4) is 0 Å². The Balaban J connectivity index is 1.66. The summed E-state index contributed by atoms with van der Waals surface area (Å²) in [6, 6.07) is 6.32. The normalized spacial score (nSPS) is 13.9. The summed E-state index contributed by atoms with van der Waals surface area (Å²) in [5.74, 6) is -0.0594. The molecule has 3 heterocycles. The lowest BCUT2D eigenvalue weighted by Gasteiger charge is -2.30. The van der Waals surface area contributed by atoms with E-state index in [-0.39, 0.29) is 11.7 Å². The Bertz CT molecular complexity index is 977. The van der Waals surface area contributed by atoms with Crippen molar-refractivity contribution in [2.24, 2.45) is 0 Å². The van der Waals surface area contributed by atoms with Crippen LogP contribution in [-0.4, -0.2) is 38.8 Å². The van der Waals surface area contributed by atoms with Gasteiger partial charge in [-0.1, -0.05) is 13.8 Å². The molecule has 1 aliphatic heterocycles. The third-order valence-electron chi connectivity index (χ3n) is 4.63. The van der Waals surface area contributed by atoms with E-state index >= 15 is 0 Å². The minimum absolute atomic E-state index is 0.164. The van der Waals surface area contributed by atoms with E-state index in [2.05, 4.69) is 29.2 Å². The number of aromatic nitrogens is 3. The van der Waals surface area contributed by atoms with Gasteiger partial charge in [0.2, 0.25) is 0 Å². The second kappa shape index (κ2) is 6.40. The summed E-state index contributed by atoms with van der Waals surface area (Å²) in [6.45, 7) is 5.71. The van der Waals surface area contributed by atoms with Gasteiger partial charge < -0.3 is 10.2 Å². The maximum atomic E-state index is 14.4. The lowest BCUT2D eigenvalue weighted by atomic mass is 10.1. The molecule has 134 valence electrons. The minimum Gasteiger partial charge on any atom is -0.324 e. The Labute approximate surface area is 150 Å². The van der Waals surface area contributed by atoms with Crippen LogP contribution in [-0.2, 0) is 0 Å². The fourth-order valence-electron chi connectivity index (χ4n) is 2.86. The van der Waals surface area contributed by atoms with Crippen LogP contribution in [0, 0.1) is 5.82 Å². The highest BCUT2D eigenvalue weighted by molar-refractivity contribution is 5.90. The van der Waals surface area contributed by atoms with Crippen molar-refractivity contribution >= 4 is 22.8 Å². The Morgan fingerprint density at radius 3 is 2.77 bits per heavy atom. The van der Waals surface area contributed by atoms with E-state index in [1.807, 2.05) is 6.07 Å². The van der Waals surface area contributed by atoms with Crippen LogP contribution < -0.4 is 5.32 Å². The standard InChI is InChI=1S/C19H20FN5O/c1-12(2)13-8-14-11-25(23-18(14)21-10-13)17-9-15(4-5-16(17)20)22-19(26)24-6-3-7-24/h4-5,8-12H,3,6-7H2,1-2H3,(H,22,26).